The molecule has 5 heteroatoms. The molecule has 3 heterocycles. The fourth-order valence-corrected chi connectivity index (χ4v) is 17.2. The van der Waals surface area contributed by atoms with Crippen LogP contribution >= 0.6 is 20.1 Å². The fourth-order valence-electron chi connectivity index (χ4n) is 8.84. The maximum Gasteiger partial charge on any atom is 0.338 e. The minimum Gasteiger partial charge on any atom is -0.259 e. The van der Waals surface area contributed by atoms with Crippen LogP contribution in [-0.4, -0.2) is 6.03 Å². The Morgan fingerprint density at radius 3 is 1.02 bits per heavy atom. The third kappa shape index (κ3) is 3.61. The van der Waals surface area contributed by atoms with E-state index in [1.165, 1.54) is 39.2 Å². The van der Waals surface area contributed by atoms with Crippen LogP contribution in [0.15, 0.2) is 233 Å². The largest absolute Gasteiger partial charge is 0.338 e. The van der Waals surface area contributed by atoms with Gasteiger partial charge in [-0.1, -0.05) is 109 Å². The molecule has 3 aliphatic heterocycles. The number of anilines is 4. The second-order valence-corrected chi connectivity index (χ2v) is 19.4. The van der Waals surface area contributed by atoms with E-state index in [1.54, 1.807) is 0 Å². The molecule has 8 aromatic rings. The molecule has 8 aromatic carbocycles. The van der Waals surface area contributed by atoms with Crippen LogP contribution in [0.5, 0.6) is 0 Å². The Labute approximate surface area is 306 Å². The van der Waals surface area contributed by atoms with Gasteiger partial charge in [-0.3, -0.25) is 9.80 Å². The van der Waals surface area contributed by atoms with Gasteiger partial charge in [-0.15, -0.1) is 20.1 Å². The van der Waals surface area contributed by atoms with Crippen molar-refractivity contribution in [1.82, 2.24) is 0 Å². The summed E-state index contributed by atoms with van der Waals surface area (Å²) in [5, 5.41) is 2.26. The first kappa shape index (κ1) is 29.7. The van der Waals surface area contributed by atoms with Crippen LogP contribution in [0.25, 0.3) is 10.8 Å². The van der Waals surface area contributed by atoms with E-state index in [-0.39, 0.29) is 6.03 Å². The Bertz CT molecular complexity index is 2460. The zero-order valence-electron chi connectivity index (χ0n) is 28.1. The van der Waals surface area contributed by atoms with Gasteiger partial charge in [0.15, 0.2) is 0 Å². The first-order chi connectivity index (χ1) is 25.8. The molecule has 0 unspecified atom stereocenters. The molecule has 0 saturated carbocycles. The third-order valence-corrected chi connectivity index (χ3v) is 18.7. The van der Waals surface area contributed by atoms with Crippen LogP contribution in [0.4, 0.5) is 27.5 Å². The lowest BCUT2D eigenvalue weighted by molar-refractivity contribution is 0.255. The van der Waals surface area contributed by atoms with Gasteiger partial charge in [0.05, 0.1) is 22.7 Å². The molecule has 0 spiro atoms. The Morgan fingerprint density at radius 2 is 0.654 bits per heavy atom. The topological polar surface area (TPSA) is 23.6 Å². The predicted octanol–water partition coefficient (Wildman–Crippen LogP) is 13.6. The molecule has 0 saturated heterocycles. The van der Waals surface area contributed by atoms with Crippen LogP contribution in [0.1, 0.15) is 0 Å². The van der Waals surface area contributed by atoms with Gasteiger partial charge >= 0.3 is 6.03 Å². The van der Waals surface area contributed by atoms with E-state index < -0.39 is 20.1 Å². The molecule has 0 aromatic heterocycles. The third-order valence-electron chi connectivity index (χ3n) is 10.8. The lowest BCUT2D eigenvalue weighted by Gasteiger charge is -2.55. The number of hydrogen-bond donors (Lipinski definition) is 0. The number of carbonyl (C=O) groups is 1. The molecule has 0 N–H and O–H groups in total. The highest BCUT2D eigenvalue weighted by Gasteiger charge is 2.52. The van der Waals surface area contributed by atoms with Gasteiger partial charge in [-0.2, -0.15) is 0 Å². The summed E-state index contributed by atoms with van der Waals surface area (Å²) in [5.74, 6) is 0. The Kier molecular flexibility index (Phi) is 6.28. The molecule has 11 rings (SSSR count). The van der Waals surface area contributed by atoms with E-state index in [9.17, 15) is 0 Å². The number of rotatable bonds is 4. The summed E-state index contributed by atoms with van der Waals surface area (Å²) in [7, 11) is -4.05. The van der Waals surface area contributed by atoms with Gasteiger partial charge in [-0.05, 0) is 90.3 Å². The van der Waals surface area contributed by atoms with Crippen molar-refractivity contribution in [3.8, 4) is 0 Å². The summed E-state index contributed by atoms with van der Waals surface area (Å²) in [4.78, 5) is 29.5. The van der Waals surface area contributed by atoms with Crippen LogP contribution in [0, 0.1) is 0 Å². The summed E-state index contributed by atoms with van der Waals surface area (Å²) in [5.41, 5.74) is 3.90. The second-order valence-electron chi connectivity index (χ2n) is 13.3. The zero-order chi connectivity index (χ0) is 34.4. The van der Waals surface area contributed by atoms with Crippen molar-refractivity contribution in [3.05, 3.63) is 194 Å². The number of para-hydroxylation sites is 2. The van der Waals surface area contributed by atoms with E-state index in [0.29, 0.717) is 0 Å². The van der Waals surface area contributed by atoms with Gasteiger partial charge in [0.1, 0.15) is 0 Å². The summed E-state index contributed by atoms with van der Waals surface area (Å²) < 4.78 is 0. The first-order valence-corrected chi connectivity index (χ1v) is 20.8. The summed E-state index contributed by atoms with van der Waals surface area (Å²) in [6, 6.07) is 70.2. The van der Waals surface area contributed by atoms with Gasteiger partial charge in [-0.25, -0.2) is 4.79 Å². The van der Waals surface area contributed by atoms with Crippen molar-refractivity contribution in [1.29, 1.82) is 0 Å². The molecule has 3 nitrogen and oxygen atoms in total. The lowest BCUT2D eigenvalue weighted by atomic mass is 10.0. The zero-order valence-corrected chi connectivity index (χ0v) is 29.7. The Balaban J connectivity index is 1.37. The average Bonchev–Trinajstić information content (AvgIpc) is 3.22. The molecular weight excluding hydrogens is 673 g/mol. The van der Waals surface area contributed by atoms with Gasteiger partial charge in [0, 0.05) is 44.6 Å². The number of carbonyl (C=O) groups excluding carboxylic acids is 1. The Hall–Kier alpha value is -6.01. The minimum atomic E-state index is -2.02. The molecular formula is C47H32N2OS2. The monoisotopic (exact) mass is 704 g/mol. The highest BCUT2D eigenvalue weighted by atomic mass is 32.3. The fraction of sp³-hybridized carbons (Fsp3) is 0. The van der Waals surface area contributed by atoms with Crippen LogP contribution in [-0.2, 0) is 0 Å². The van der Waals surface area contributed by atoms with Gasteiger partial charge < -0.3 is 0 Å². The quantitative estimate of drug-likeness (QED) is 0.179. The van der Waals surface area contributed by atoms with E-state index in [1.807, 2.05) is 9.80 Å². The molecule has 2 amide bonds. The van der Waals surface area contributed by atoms with Gasteiger partial charge in [0.25, 0.3) is 0 Å². The number of benzene rings is 8. The summed E-state index contributed by atoms with van der Waals surface area (Å²) >= 11 is 0. The SMILES string of the molecule is O=C1N2c3ccccc3S(c3ccccc3)(c3ccccc3)c3ccc4ccc5c(c4c32)N1c1ccccc1S5(c1ccccc1)c1ccccc1. The van der Waals surface area contributed by atoms with E-state index >= 15 is 4.79 Å². The van der Waals surface area contributed by atoms with Crippen molar-refractivity contribution < 1.29 is 4.79 Å². The molecule has 0 fully saturated rings. The maximum absolute atomic E-state index is 15.7. The molecule has 3 aliphatic rings. The number of fused-ring (bicyclic) bond motifs is 4. The molecule has 52 heavy (non-hydrogen) atoms. The van der Waals surface area contributed by atoms with Crippen LogP contribution in [0.2, 0.25) is 0 Å². The van der Waals surface area contributed by atoms with E-state index in [4.69, 9.17) is 0 Å². The first-order valence-electron chi connectivity index (χ1n) is 17.5. The maximum atomic E-state index is 15.7. The van der Waals surface area contributed by atoms with Crippen molar-refractivity contribution in [2.24, 2.45) is 0 Å². The normalized spacial score (nSPS) is 16.8. The van der Waals surface area contributed by atoms with Crippen molar-refractivity contribution in [2.45, 2.75) is 39.2 Å². The number of amides is 2. The minimum absolute atomic E-state index is 0.0446. The smallest absolute Gasteiger partial charge is 0.259 e. The predicted molar refractivity (Wildman–Crippen MR) is 214 cm³/mol. The van der Waals surface area contributed by atoms with E-state index in [2.05, 4.69) is 194 Å². The average molecular weight is 705 g/mol. The van der Waals surface area contributed by atoms with Crippen molar-refractivity contribution >= 4 is 59.6 Å². The summed E-state index contributed by atoms with van der Waals surface area (Å²) in [6.07, 6.45) is 0. The second kappa shape index (κ2) is 11.0. The molecule has 0 aliphatic carbocycles. The number of hydrogen-bond acceptors (Lipinski definition) is 1. The molecule has 0 bridgehead atoms. The number of urea groups is 1. The highest BCUT2D eigenvalue weighted by Crippen LogP contribution is 2.83. The van der Waals surface area contributed by atoms with E-state index in [0.717, 1.165) is 33.5 Å². The summed E-state index contributed by atoms with van der Waals surface area (Å²) in [6.45, 7) is 0. The Morgan fingerprint density at radius 1 is 0.327 bits per heavy atom. The lowest BCUT2D eigenvalue weighted by Crippen LogP contribution is -2.45. The van der Waals surface area contributed by atoms with Gasteiger partial charge in [0.2, 0.25) is 0 Å². The standard InChI is InChI=1S/C47H32N2OS2/c50-47-48-38-25-13-15-27-40(38)51(34-17-5-1-6-18-34,35-19-7-2-8-20-35)42-31-29-33-30-32-43-46(44(33)45(42)48)49(47)39-26-14-16-28-41(39)52(43,36-21-9-3-10-22-36)37-23-11-4-12-24-37/h1-32H. The van der Waals surface area contributed by atoms with Crippen molar-refractivity contribution in [3.63, 3.8) is 0 Å². The number of nitrogens with zero attached hydrogens (tertiary/aromatic N) is 2. The highest BCUT2D eigenvalue weighted by molar-refractivity contribution is 8.34. The van der Waals surface area contributed by atoms with Crippen LogP contribution in [0.3, 0.4) is 0 Å². The molecule has 248 valence electrons. The molecule has 0 atom stereocenters. The van der Waals surface area contributed by atoms with Crippen LogP contribution < -0.4 is 9.80 Å². The van der Waals surface area contributed by atoms with Crippen molar-refractivity contribution in [2.75, 3.05) is 9.80 Å². The molecule has 0 radical (unpaired) electrons.